The summed E-state index contributed by atoms with van der Waals surface area (Å²) in [6.07, 6.45) is 11.2. The van der Waals surface area contributed by atoms with Gasteiger partial charge in [-0.1, -0.05) is 51.9 Å². The summed E-state index contributed by atoms with van der Waals surface area (Å²) in [4.78, 5) is 24.8. The molecular weight excluding hydrogens is 242 g/mol. The fraction of sp³-hybridized carbons (Fsp3) is 0.714. The molecule has 0 fully saturated rings. The van der Waals surface area contributed by atoms with Crippen LogP contribution in [0.2, 0.25) is 0 Å². The van der Waals surface area contributed by atoms with Crippen LogP contribution in [0.1, 0.15) is 58.3 Å². The van der Waals surface area contributed by atoms with Crippen molar-refractivity contribution in [2.24, 2.45) is 0 Å². The molecular formula is C14H25N3O2. The molecule has 0 bridgehead atoms. The van der Waals surface area contributed by atoms with Crippen LogP contribution in [0.25, 0.3) is 0 Å². The monoisotopic (exact) mass is 267 g/mol. The highest BCUT2D eigenvalue weighted by atomic mass is 16.2. The Kier molecular flexibility index (Phi) is 7.00. The van der Waals surface area contributed by atoms with Crippen molar-refractivity contribution in [3.63, 3.8) is 0 Å². The number of anilines is 1. The number of hydrogen-bond acceptors (Lipinski definition) is 3. The zero-order chi connectivity index (χ0) is 14.1. The normalized spacial score (nSPS) is 10.8. The molecule has 1 aromatic heterocycles. The molecule has 5 nitrogen and oxygen atoms in total. The maximum Gasteiger partial charge on any atom is 0.328 e. The van der Waals surface area contributed by atoms with Crippen LogP contribution < -0.4 is 17.0 Å². The Morgan fingerprint density at radius 3 is 2.26 bits per heavy atom. The molecule has 0 aliphatic heterocycles. The van der Waals surface area contributed by atoms with E-state index in [0.717, 1.165) is 12.8 Å². The summed E-state index contributed by atoms with van der Waals surface area (Å²) < 4.78 is 1.48. The molecule has 0 aromatic carbocycles. The summed E-state index contributed by atoms with van der Waals surface area (Å²) in [5.41, 5.74) is 4.71. The van der Waals surface area contributed by atoms with E-state index in [2.05, 4.69) is 11.9 Å². The van der Waals surface area contributed by atoms with Gasteiger partial charge < -0.3 is 5.73 Å². The van der Waals surface area contributed by atoms with E-state index in [9.17, 15) is 9.59 Å². The predicted octanol–water partition coefficient (Wildman–Crippen LogP) is 2.26. The van der Waals surface area contributed by atoms with Gasteiger partial charge >= 0.3 is 5.69 Å². The van der Waals surface area contributed by atoms with Crippen molar-refractivity contribution in [3.8, 4) is 0 Å². The Labute approximate surface area is 113 Å². The van der Waals surface area contributed by atoms with Gasteiger partial charge in [0.2, 0.25) is 0 Å². The number of nitrogens with one attached hydrogen (secondary N) is 1. The number of nitrogens with zero attached hydrogens (tertiary/aromatic N) is 1. The van der Waals surface area contributed by atoms with Gasteiger partial charge in [-0.15, -0.1) is 0 Å². The molecule has 0 unspecified atom stereocenters. The van der Waals surface area contributed by atoms with E-state index in [-0.39, 0.29) is 11.4 Å². The van der Waals surface area contributed by atoms with Gasteiger partial charge in [-0.2, -0.15) is 0 Å². The summed E-state index contributed by atoms with van der Waals surface area (Å²) in [7, 11) is 0. The zero-order valence-electron chi connectivity index (χ0n) is 11.8. The molecule has 1 rings (SSSR count). The number of aromatic nitrogens is 2. The molecule has 0 spiro atoms. The van der Waals surface area contributed by atoms with Gasteiger partial charge in [0, 0.05) is 12.7 Å². The zero-order valence-corrected chi connectivity index (χ0v) is 11.8. The molecule has 0 saturated heterocycles. The van der Waals surface area contributed by atoms with Gasteiger partial charge in [-0.05, 0) is 6.42 Å². The quantitative estimate of drug-likeness (QED) is 0.673. The van der Waals surface area contributed by atoms with Crippen LogP contribution >= 0.6 is 0 Å². The van der Waals surface area contributed by atoms with Crippen LogP contribution in [-0.2, 0) is 6.54 Å². The highest BCUT2D eigenvalue weighted by Crippen LogP contribution is 2.08. The molecule has 5 heteroatoms. The van der Waals surface area contributed by atoms with Crippen LogP contribution in [0.3, 0.4) is 0 Å². The molecule has 0 aliphatic rings. The minimum absolute atomic E-state index is 0.0964. The first-order chi connectivity index (χ1) is 9.15. The number of hydrogen-bond donors (Lipinski definition) is 2. The maximum atomic E-state index is 11.5. The second-order valence-electron chi connectivity index (χ2n) is 5.01. The van der Waals surface area contributed by atoms with E-state index in [1.807, 2.05) is 0 Å². The number of unbranched alkanes of at least 4 members (excludes halogenated alkanes) is 7. The molecule has 0 aliphatic carbocycles. The fourth-order valence-corrected chi connectivity index (χ4v) is 2.11. The Morgan fingerprint density at radius 1 is 1.05 bits per heavy atom. The first-order valence-corrected chi connectivity index (χ1v) is 7.24. The highest BCUT2D eigenvalue weighted by molar-refractivity contribution is 5.30. The number of aryl methyl sites for hydroxylation is 1. The Balaban J connectivity index is 2.21. The Hall–Kier alpha value is -1.52. The smallest absolute Gasteiger partial charge is 0.328 e. The van der Waals surface area contributed by atoms with Crippen LogP contribution in [0.4, 0.5) is 5.69 Å². The summed E-state index contributed by atoms with van der Waals surface area (Å²) >= 11 is 0. The van der Waals surface area contributed by atoms with Gasteiger partial charge in [0.15, 0.2) is 0 Å². The lowest BCUT2D eigenvalue weighted by molar-refractivity contribution is 0.533. The number of nitrogens with two attached hydrogens (primary N) is 1. The van der Waals surface area contributed by atoms with Gasteiger partial charge in [0.1, 0.15) is 5.69 Å². The Bertz CT molecular complexity index is 476. The van der Waals surface area contributed by atoms with Gasteiger partial charge in [-0.25, -0.2) is 4.79 Å². The SMILES string of the molecule is CCCCCCCCCCn1cc(N)c(=O)[nH]c1=O. The average molecular weight is 267 g/mol. The lowest BCUT2D eigenvalue weighted by atomic mass is 10.1. The van der Waals surface area contributed by atoms with Crippen LogP contribution in [0.5, 0.6) is 0 Å². The molecule has 1 heterocycles. The summed E-state index contributed by atoms with van der Waals surface area (Å²) in [6.45, 7) is 2.84. The van der Waals surface area contributed by atoms with Crippen LogP contribution in [-0.4, -0.2) is 9.55 Å². The van der Waals surface area contributed by atoms with Crippen molar-refractivity contribution in [3.05, 3.63) is 27.0 Å². The standard InChI is InChI=1S/C14H25N3O2/c1-2-3-4-5-6-7-8-9-10-17-11-12(15)13(18)16-14(17)19/h11H,2-10,15H2,1H3,(H,16,18,19). The van der Waals surface area contributed by atoms with E-state index < -0.39 is 5.56 Å². The number of nitrogen functional groups attached to an aromatic ring is 1. The lowest BCUT2D eigenvalue weighted by Gasteiger charge is -2.05. The van der Waals surface area contributed by atoms with Crippen molar-refractivity contribution in [2.75, 3.05) is 5.73 Å². The number of rotatable bonds is 9. The Morgan fingerprint density at radius 2 is 1.63 bits per heavy atom. The first-order valence-electron chi connectivity index (χ1n) is 7.24. The third-order valence-electron chi connectivity index (χ3n) is 3.29. The molecule has 19 heavy (non-hydrogen) atoms. The average Bonchev–Trinajstić information content (AvgIpc) is 2.38. The highest BCUT2D eigenvalue weighted by Gasteiger charge is 2.00. The molecule has 0 atom stereocenters. The summed E-state index contributed by atoms with van der Waals surface area (Å²) in [5, 5.41) is 0. The third-order valence-corrected chi connectivity index (χ3v) is 3.29. The van der Waals surface area contributed by atoms with Crippen molar-refractivity contribution in [1.29, 1.82) is 0 Å². The topological polar surface area (TPSA) is 80.9 Å². The number of aromatic amines is 1. The second kappa shape index (κ2) is 8.56. The van der Waals surface area contributed by atoms with E-state index in [1.165, 1.54) is 49.3 Å². The predicted molar refractivity (Wildman–Crippen MR) is 78.3 cm³/mol. The molecule has 108 valence electrons. The minimum Gasteiger partial charge on any atom is -0.393 e. The van der Waals surface area contributed by atoms with E-state index in [4.69, 9.17) is 5.73 Å². The van der Waals surface area contributed by atoms with Crippen molar-refractivity contribution >= 4 is 5.69 Å². The molecule has 0 radical (unpaired) electrons. The van der Waals surface area contributed by atoms with Crippen molar-refractivity contribution in [1.82, 2.24) is 9.55 Å². The lowest BCUT2D eigenvalue weighted by Crippen LogP contribution is -2.31. The first kappa shape index (κ1) is 15.5. The third kappa shape index (κ3) is 5.77. The molecule has 3 N–H and O–H groups in total. The number of H-pyrrole nitrogens is 1. The van der Waals surface area contributed by atoms with Crippen LogP contribution in [0, 0.1) is 0 Å². The molecule has 1 aromatic rings. The van der Waals surface area contributed by atoms with E-state index >= 15 is 0 Å². The largest absolute Gasteiger partial charge is 0.393 e. The second-order valence-corrected chi connectivity index (χ2v) is 5.01. The summed E-state index contributed by atoms with van der Waals surface area (Å²) in [6, 6.07) is 0. The van der Waals surface area contributed by atoms with Crippen molar-refractivity contribution < 1.29 is 0 Å². The van der Waals surface area contributed by atoms with Crippen LogP contribution in [0.15, 0.2) is 15.8 Å². The van der Waals surface area contributed by atoms with Gasteiger partial charge in [0.25, 0.3) is 5.56 Å². The van der Waals surface area contributed by atoms with Crippen molar-refractivity contribution in [2.45, 2.75) is 64.8 Å². The van der Waals surface area contributed by atoms with E-state index in [0.29, 0.717) is 6.54 Å². The van der Waals surface area contributed by atoms with Gasteiger partial charge in [-0.3, -0.25) is 14.3 Å². The van der Waals surface area contributed by atoms with Gasteiger partial charge in [0.05, 0.1) is 0 Å². The maximum absolute atomic E-state index is 11.5. The summed E-state index contributed by atoms with van der Waals surface area (Å²) in [5.74, 6) is 0. The minimum atomic E-state index is -0.503. The van der Waals surface area contributed by atoms with E-state index in [1.54, 1.807) is 0 Å². The fourth-order valence-electron chi connectivity index (χ4n) is 2.11. The molecule has 0 saturated carbocycles. The molecule has 0 amide bonds.